The molecule has 2 aromatic rings. The first-order valence-electron chi connectivity index (χ1n) is 13.8. The van der Waals surface area contributed by atoms with Gasteiger partial charge in [0, 0.05) is 37.3 Å². The smallest absolute Gasteiger partial charge is 0.410 e. The molecule has 8 heteroatoms. The quantitative estimate of drug-likeness (QED) is 0.364. The number of anilines is 1. The molecule has 0 unspecified atom stereocenters. The third-order valence-electron chi connectivity index (χ3n) is 7.13. The van der Waals surface area contributed by atoms with Gasteiger partial charge in [-0.05, 0) is 102 Å². The van der Waals surface area contributed by atoms with E-state index in [1.54, 1.807) is 11.2 Å². The molecule has 0 bridgehead atoms. The molecule has 1 amide bonds. The molecule has 1 aliphatic carbocycles. The minimum atomic E-state index is -0.536. The number of halogens is 2. The van der Waals surface area contributed by atoms with Crippen molar-refractivity contribution in [3.05, 3.63) is 59.1 Å². The molecule has 1 saturated heterocycles. The lowest BCUT2D eigenvalue weighted by atomic mass is 9.95. The molecule has 0 N–H and O–H groups in total. The number of unbranched alkanes of at least 4 members (excludes halogenated alkanes) is 1. The first-order valence-corrected chi connectivity index (χ1v) is 13.8. The van der Waals surface area contributed by atoms with Crippen LogP contribution in [-0.4, -0.2) is 52.2 Å². The largest absolute Gasteiger partial charge is 0.444 e. The van der Waals surface area contributed by atoms with Gasteiger partial charge in [0.15, 0.2) is 0 Å². The lowest BCUT2D eigenvalue weighted by Gasteiger charge is -2.41. The highest BCUT2D eigenvalue weighted by Crippen LogP contribution is 2.45. The molecule has 1 saturated carbocycles. The Labute approximate surface area is 225 Å². The number of aromatic nitrogens is 2. The Hall–Kier alpha value is -3.03. The summed E-state index contributed by atoms with van der Waals surface area (Å²) in [5, 5.41) is 0. The highest BCUT2D eigenvalue weighted by Gasteiger charge is 2.35. The number of nitrogens with zero attached hydrogens (tertiary/aromatic N) is 4. The summed E-state index contributed by atoms with van der Waals surface area (Å²) in [6.45, 7) is 11.6. The van der Waals surface area contributed by atoms with E-state index in [0.717, 1.165) is 42.4 Å². The van der Waals surface area contributed by atoms with Crippen molar-refractivity contribution in [2.45, 2.75) is 84.8 Å². The van der Waals surface area contributed by atoms with Gasteiger partial charge in [0.05, 0.1) is 5.69 Å². The van der Waals surface area contributed by atoms with Gasteiger partial charge in [-0.2, -0.15) is 0 Å². The Morgan fingerprint density at radius 3 is 2.37 bits per heavy atom. The maximum atomic E-state index is 13.6. The fourth-order valence-electron chi connectivity index (χ4n) is 5.23. The van der Waals surface area contributed by atoms with Gasteiger partial charge in [0.2, 0.25) is 0 Å². The summed E-state index contributed by atoms with van der Waals surface area (Å²) >= 11 is 0. The number of ether oxygens (including phenoxy) is 1. The normalized spacial score (nSPS) is 18.6. The van der Waals surface area contributed by atoms with E-state index in [-0.39, 0.29) is 12.1 Å². The van der Waals surface area contributed by atoms with Crippen LogP contribution in [0.4, 0.5) is 19.4 Å². The fourth-order valence-corrected chi connectivity index (χ4v) is 5.23. The second-order valence-corrected chi connectivity index (χ2v) is 11.5. The predicted molar refractivity (Wildman–Crippen MR) is 146 cm³/mol. The summed E-state index contributed by atoms with van der Waals surface area (Å²) in [6.07, 6.45) is 8.93. The van der Waals surface area contributed by atoms with Gasteiger partial charge in [-0.15, -0.1) is 0 Å². The highest BCUT2D eigenvalue weighted by molar-refractivity contribution is 5.79. The van der Waals surface area contributed by atoms with Gasteiger partial charge in [-0.3, -0.25) is 0 Å². The van der Waals surface area contributed by atoms with Crippen molar-refractivity contribution in [2.75, 3.05) is 24.5 Å². The Balaban J connectivity index is 1.50. The molecule has 2 heterocycles. The summed E-state index contributed by atoms with van der Waals surface area (Å²) in [7, 11) is 0. The molecule has 1 aliphatic heterocycles. The molecule has 0 radical (unpaired) electrons. The number of carbonyl (C=O) groups is 1. The van der Waals surface area contributed by atoms with E-state index in [9.17, 15) is 13.6 Å². The Bertz CT molecular complexity index is 1150. The van der Waals surface area contributed by atoms with Crippen molar-refractivity contribution in [3.8, 4) is 0 Å². The number of rotatable bonds is 8. The zero-order valence-electron chi connectivity index (χ0n) is 23.3. The summed E-state index contributed by atoms with van der Waals surface area (Å²) in [6, 6.07) is 3.78. The van der Waals surface area contributed by atoms with E-state index in [2.05, 4.69) is 24.8 Å². The van der Waals surface area contributed by atoms with Gasteiger partial charge >= 0.3 is 6.09 Å². The van der Waals surface area contributed by atoms with Crippen LogP contribution < -0.4 is 4.90 Å². The van der Waals surface area contributed by atoms with Crippen LogP contribution in [0.5, 0.6) is 0 Å². The topological polar surface area (TPSA) is 58.6 Å². The van der Waals surface area contributed by atoms with Crippen LogP contribution in [0.15, 0.2) is 30.6 Å². The Morgan fingerprint density at radius 1 is 1.08 bits per heavy atom. The maximum absolute atomic E-state index is 13.6. The van der Waals surface area contributed by atoms with Crippen LogP contribution in [0.3, 0.4) is 0 Å². The maximum Gasteiger partial charge on any atom is 0.410 e. The Kier molecular flexibility index (Phi) is 8.68. The molecule has 6 nitrogen and oxygen atoms in total. The monoisotopic (exact) mass is 526 g/mol. The Morgan fingerprint density at radius 2 is 1.76 bits per heavy atom. The molecule has 206 valence electrons. The number of aryl methyl sites for hydroxylation is 2. The first-order chi connectivity index (χ1) is 18.1. The van der Waals surface area contributed by atoms with Gasteiger partial charge < -0.3 is 14.5 Å². The van der Waals surface area contributed by atoms with Crippen molar-refractivity contribution in [2.24, 2.45) is 5.92 Å². The van der Waals surface area contributed by atoms with Crippen LogP contribution in [0.2, 0.25) is 0 Å². The summed E-state index contributed by atoms with van der Waals surface area (Å²) < 4.78 is 32.7. The van der Waals surface area contributed by atoms with E-state index in [1.165, 1.54) is 30.5 Å². The number of allylic oxidation sites excluding steroid dienone is 2. The average Bonchev–Trinajstić information content (AvgIpc) is 3.67. The fraction of sp³-hybridized carbons (Fsp3) is 0.567. The van der Waals surface area contributed by atoms with Crippen molar-refractivity contribution in [3.63, 3.8) is 0 Å². The van der Waals surface area contributed by atoms with Crippen LogP contribution in [-0.2, 0) is 17.6 Å². The van der Waals surface area contributed by atoms with Crippen molar-refractivity contribution in [1.82, 2.24) is 14.9 Å². The average molecular weight is 527 g/mol. The molecule has 1 aromatic carbocycles. The third kappa shape index (κ3) is 7.08. The zero-order chi connectivity index (χ0) is 27.4. The molecule has 1 atom stereocenters. The lowest BCUT2D eigenvalue weighted by Crippen LogP contribution is -2.55. The van der Waals surface area contributed by atoms with E-state index >= 15 is 0 Å². The van der Waals surface area contributed by atoms with Crippen molar-refractivity contribution < 1.29 is 18.3 Å². The third-order valence-corrected chi connectivity index (χ3v) is 7.13. The molecule has 38 heavy (non-hydrogen) atoms. The number of amides is 1. The van der Waals surface area contributed by atoms with Gasteiger partial charge in [-0.25, -0.2) is 23.5 Å². The number of carbonyl (C=O) groups excluding carboxylic acids is 1. The standard InChI is InChI=1S/C30H40F2N4O2/c1-6-25(22-11-12-22)27-26(10-8-7-9-21-15-23(31)17-24(32)16-21)33-19-34-28(27)36-14-13-35(18-20(36)2)29(37)38-30(3,4)5/h6,15-17,19-20,22H,7-14,18H2,1-5H3/b25-6-/t20-/m0/s1. The number of piperazine rings is 1. The molecular formula is C30H40F2N4O2. The molecular weight excluding hydrogens is 486 g/mol. The second-order valence-electron chi connectivity index (χ2n) is 11.5. The highest BCUT2D eigenvalue weighted by atomic mass is 19.1. The van der Waals surface area contributed by atoms with E-state index in [1.807, 2.05) is 20.8 Å². The molecule has 0 spiro atoms. The second kappa shape index (κ2) is 11.8. The number of hydrogen-bond acceptors (Lipinski definition) is 5. The predicted octanol–water partition coefficient (Wildman–Crippen LogP) is 6.58. The van der Waals surface area contributed by atoms with Crippen LogP contribution in [0.1, 0.15) is 77.1 Å². The molecule has 2 fully saturated rings. The van der Waals surface area contributed by atoms with Gasteiger partial charge in [-0.1, -0.05) is 6.08 Å². The van der Waals surface area contributed by atoms with Gasteiger partial charge in [0.1, 0.15) is 29.4 Å². The summed E-state index contributed by atoms with van der Waals surface area (Å²) in [5.74, 6) is 0.382. The number of benzene rings is 1. The minimum absolute atomic E-state index is 0.0675. The zero-order valence-corrected chi connectivity index (χ0v) is 23.3. The SMILES string of the molecule is C/C=C(\c1c(CCCCc2cc(F)cc(F)c2)ncnc1N1CCN(C(=O)OC(C)(C)C)C[C@@H]1C)C1CC1. The van der Waals surface area contributed by atoms with E-state index in [0.29, 0.717) is 37.5 Å². The minimum Gasteiger partial charge on any atom is -0.444 e. The van der Waals surface area contributed by atoms with Gasteiger partial charge in [0.25, 0.3) is 0 Å². The van der Waals surface area contributed by atoms with E-state index < -0.39 is 17.2 Å². The molecule has 4 rings (SSSR count). The molecule has 1 aromatic heterocycles. The van der Waals surface area contributed by atoms with Crippen LogP contribution >= 0.6 is 0 Å². The lowest BCUT2D eigenvalue weighted by molar-refractivity contribution is 0.0218. The first kappa shape index (κ1) is 28.0. The number of hydrogen-bond donors (Lipinski definition) is 0. The van der Waals surface area contributed by atoms with E-state index in [4.69, 9.17) is 14.7 Å². The van der Waals surface area contributed by atoms with Crippen LogP contribution in [0, 0.1) is 17.6 Å². The summed E-state index contributed by atoms with van der Waals surface area (Å²) in [4.78, 5) is 26.2. The van der Waals surface area contributed by atoms with Crippen LogP contribution in [0.25, 0.3) is 5.57 Å². The summed E-state index contributed by atoms with van der Waals surface area (Å²) in [5.41, 5.74) is 3.58. The van der Waals surface area contributed by atoms with Crippen molar-refractivity contribution >= 4 is 17.5 Å². The van der Waals surface area contributed by atoms with Crippen molar-refractivity contribution in [1.29, 1.82) is 0 Å². The molecule has 2 aliphatic rings.